The van der Waals surface area contributed by atoms with Gasteiger partial charge in [-0.2, -0.15) is 5.26 Å². The third-order valence-electron chi connectivity index (χ3n) is 6.48. The van der Waals surface area contributed by atoms with Crippen molar-refractivity contribution in [3.8, 4) is 17.6 Å². The van der Waals surface area contributed by atoms with E-state index in [1.807, 2.05) is 26.0 Å². The molecule has 11 heteroatoms. The molecule has 1 aromatic heterocycles. The number of benzene rings is 2. The summed E-state index contributed by atoms with van der Waals surface area (Å²) in [5.74, 6) is -1.59. The number of anilines is 1. The van der Waals surface area contributed by atoms with E-state index < -0.39 is 23.4 Å². The second-order valence-corrected chi connectivity index (χ2v) is 9.73. The van der Waals surface area contributed by atoms with Crippen LogP contribution in [0.15, 0.2) is 46.8 Å². The van der Waals surface area contributed by atoms with Gasteiger partial charge in [-0.15, -0.1) is 11.3 Å². The molecule has 3 aromatic rings. The van der Waals surface area contributed by atoms with Gasteiger partial charge in [0.2, 0.25) is 0 Å². The van der Waals surface area contributed by atoms with Gasteiger partial charge in [-0.25, -0.2) is 4.79 Å². The molecule has 10 nitrogen and oxygen atoms in total. The van der Waals surface area contributed by atoms with Crippen molar-refractivity contribution in [1.82, 2.24) is 4.57 Å². The molecule has 0 saturated heterocycles. The van der Waals surface area contributed by atoms with Gasteiger partial charge in [-0.05, 0) is 43.2 Å². The lowest BCUT2D eigenvalue weighted by Crippen LogP contribution is -2.41. The number of allylic oxidation sites excluding steroid dienone is 1. The number of carbonyl (C=O) groups is 2. The number of nitrogens with one attached hydrogen (secondary N) is 1. The first-order chi connectivity index (χ1) is 18.6. The van der Waals surface area contributed by atoms with Crippen molar-refractivity contribution in [3.05, 3.63) is 78.2 Å². The average Bonchev–Trinajstić information content (AvgIpc) is 3.25. The zero-order chi connectivity index (χ0) is 28.4. The lowest BCUT2D eigenvalue weighted by molar-refractivity contribution is -0.133. The summed E-state index contributed by atoms with van der Waals surface area (Å²) in [4.78, 5) is 39.3. The van der Waals surface area contributed by atoms with E-state index in [2.05, 4.69) is 16.1 Å². The molecule has 0 aliphatic carbocycles. The first kappa shape index (κ1) is 27.2. The van der Waals surface area contributed by atoms with Crippen LogP contribution in [-0.2, 0) is 14.3 Å². The maximum atomic E-state index is 14.0. The van der Waals surface area contributed by atoms with Gasteiger partial charge in [-0.1, -0.05) is 12.1 Å². The van der Waals surface area contributed by atoms with Gasteiger partial charge in [0.05, 0.1) is 44.5 Å². The molecule has 0 spiro atoms. The van der Waals surface area contributed by atoms with E-state index in [9.17, 15) is 19.6 Å². The maximum Gasteiger partial charge on any atom is 0.332 e. The monoisotopic (exact) mass is 546 g/mol. The Hall–Kier alpha value is -4.82. The molecule has 1 aliphatic heterocycles. The summed E-state index contributed by atoms with van der Waals surface area (Å²) in [6, 6.07) is 12.5. The van der Waals surface area contributed by atoms with E-state index in [-0.39, 0.29) is 26.2 Å². The van der Waals surface area contributed by atoms with E-state index in [0.717, 1.165) is 33.1 Å². The number of hydrogen-bond acceptors (Lipinski definition) is 9. The second kappa shape index (κ2) is 10.9. The normalized spacial score (nSPS) is 14.9. The van der Waals surface area contributed by atoms with Gasteiger partial charge in [0.1, 0.15) is 26.5 Å². The molecule has 2 heterocycles. The van der Waals surface area contributed by atoms with Gasteiger partial charge in [0, 0.05) is 23.4 Å². The Morgan fingerprint density at radius 3 is 2.46 bits per heavy atom. The minimum Gasteiger partial charge on any atom is -0.497 e. The minimum atomic E-state index is -0.994. The highest BCUT2D eigenvalue weighted by molar-refractivity contribution is 7.07. The molecule has 0 fully saturated rings. The van der Waals surface area contributed by atoms with E-state index in [0.29, 0.717) is 22.7 Å². The number of nitrogens with zero attached hydrogens (tertiary/aromatic N) is 2. The quantitative estimate of drug-likeness (QED) is 0.445. The number of esters is 1. The lowest BCUT2D eigenvalue weighted by atomic mass is 9.82. The Labute approximate surface area is 227 Å². The van der Waals surface area contributed by atoms with E-state index in [4.69, 9.17) is 15.2 Å². The number of nitriles is 1. The number of ether oxygens (including phenoxy) is 3. The van der Waals surface area contributed by atoms with Gasteiger partial charge < -0.3 is 25.3 Å². The Balaban J connectivity index is 2.08. The number of aromatic nitrogens is 1. The Kier molecular flexibility index (Phi) is 7.60. The van der Waals surface area contributed by atoms with Crippen LogP contribution in [0.1, 0.15) is 22.6 Å². The maximum absolute atomic E-state index is 14.0. The van der Waals surface area contributed by atoms with Crippen LogP contribution in [0.25, 0.3) is 17.5 Å². The fourth-order valence-corrected chi connectivity index (χ4v) is 5.45. The number of rotatable bonds is 6. The molecule has 39 heavy (non-hydrogen) atoms. The first-order valence-corrected chi connectivity index (χ1v) is 12.5. The molecule has 0 radical (unpaired) electrons. The molecule has 1 aliphatic rings. The van der Waals surface area contributed by atoms with Crippen LogP contribution in [0.3, 0.4) is 0 Å². The van der Waals surface area contributed by atoms with E-state index >= 15 is 0 Å². The number of fused-ring (bicyclic) bond motifs is 1. The van der Waals surface area contributed by atoms with Crippen molar-refractivity contribution in [1.29, 1.82) is 5.26 Å². The summed E-state index contributed by atoms with van der Waals surface area (Å²) < 4.78 is 16.8. The minimum absolute atomic E-state index is 0.00378. The highest BCUT2D eigenvalue weighted by atomic mass is 32.1. The number of methoxy groups -OCH3 is 3. The van der Waals surface area contributed by atoms with Crippen LogP contribution >= 0.6 is 11.3 Å². The number of amides is 1. The standard InChI is InChI=1S/C28H26N4O6S/c1-14-6-7-16(10-15(14)2)31-26(34)24-23(18-9-8-17(36-3)11-20(18)37-4)19(13-29)25(30)32-27(35)21(39-28(24)32)12-22(33)38-5/h6-12,23H,30H2,1-5H3,(H,31,34)/b21-12-/t23-/m0/s1. The Morgan fingerprint density at radius 1 is 1.10 bits per heavy atom. The second-order valence-electron chi connectivity index (χ2n) is 8.70. The summed E-state index contributed by atoms with van der Waals surface area (Å²) in [5.41, 5.74) is 8.83. The van der Waals surface area contributed by atoms with Crippen LogP contribution < -0.4 is 35.3 Å². The summed E-state index contributed by atoms with van der Waals surface area (Å²) in [7, 11) is 4.15. The predicted octanol–water partition coefficient (Wildman–Crippen LogP) is 1.74. The third kappa shape index (κ3) is 4.89. The molecule has 1 amide bonds. The molecular weight excluding hydrogens is 520 g/mol. The molecule has 200 valence electrons. The fraction of sp³-hybridized carbons (Fsp3) is 0.214. The van der Waals surface area contributed by atoms with E-state index in [1.54, 1.807) is 24.3 Å². The Bertz CT molecular complexity index is 1760. The van der Waals surface area contributed by atoms with Crippen molar-refractivity contribution in [2.24, 2.45) is 5.73 Å². The lowest BCUT2D eigenvalue weighted by Gasteiger charge is -2.26. The average molecular weight is 547 g/mol. The highest BCUT2D eigenvalue weighted by Crippen LogP contribution is 2.42. The smallest absolute Gasteiger partial charge is 0.332 e. The zero-order valence-corrected chi connectivity index (χ0v) is 22.8. The summed E-state index contributed by atoms with van der Waals surface area (Å²) in [6.07, 6.45) is 1.03. The fourth-order valence-electron chi connectivity index (χ4n) is 4.32. The number of carbonyl (C=O) groups excluding carboxylic acids is 2. The number of thiazole rings is 1. The zero-order valence-electron chi connectivity index (χ0n) is 21.9. The SMILES string of the molecule is COC(=O)/C=c1\sc2n(c1=O)C(N)=C(C#N)[C@H](c1ccc(OC)cc1OC)C=2C(=O)Nc1ccc(C)c(C)c1. The van der Waals surface area contributed by atoms with Crippen molar-refractivity contribution in [2.45, 2.75) is 19.8 Å². The van der Waals surface area contributed by atoms with Crippen LogP contribution in [0.2, 0.25) is 0 Å². The van der Waals surface area contributed by atoms with Crippen LogP contribution in [0, 0.1) is 25.2 Å². The number of aryl methyl sites for hydroxylation is 2. The largest absolute Gasteiger partial charge is 0.497 e. The summed E-state index contributed by atoms with van der Waals surface area (Å²) in [6.45, 7) is 3.88. The molecule has 0 saturated carbocycles. The van der Waals surface area contributed by atoms with Crippen molar-refractivity contribution in [3.63, 3.8) is 0 Å². The first-order valence-electron chi connectivity index (χ1n) is 11.7. The van der Waals surface area contributed by atoms with Crippen LogP contribution in [0.5, 0.6) is 11.5 Å². The van der Waals surface area contributed by atoms with Crippen LogP contribution in [0.4, 0.5) is 5.69 Å². The number of hydrogen-bond donors (Lipinski definition) is 2. The van der Waals surface area contributed by atoms with Gasteiger partial charge in [0.25, 0.3) is 11.5 Å². The topological polar surface area (TPSA) is 146 Å². The van der Waals surface area contributed by atoms with Gasteiger partial charge in [-0.3, -0.25) is 14.2 Å². The number of nitrogens with two attached hydrogens (primary N) is 1. The molecular formula is C28H26N4O6S. The molecule has 0 unspecified atom stereocenters. The van der Waals surface area contributed by atoms with Crippen molar-refractivity contribution >= 4 is 46.4 Å². The molecule has 4 rings (SSSR count). The van der Waals surface area contributed by atoms with Crippen molar-refractivity contribution in [2.75, 3.05) is 26.6 Å². The molecule has 3 N–H and O–H groups in total. The van der Waals surface area contributed by atoms with Crippen molar-refractivity contribution < 1.29 is 23.8 Å². The van der Waals surface area contributed by atoms with E-state index in [1.165, 1.54) is 21.3 Å². The molecule has 0 bridgehead atoms. The predicted molar refractivity (Wildman–Crippen MR) is 148 cm³/mol. The van der Waals surface area contributed by atoms with Gasteiger partial charge >= 0.3 is 5.97 Å². The van der Waals surface area contributed by atoms with Gasteiger partial charge in [0.15, 0.2) is 0 Å². The molecule has 1 atom stereocenters. The molecule has 2 aromatic carbocycles. The summed E-state index contributed by atoms with van der Waals surface area (Å²) >= 11 is 0.901. The van der Waals surface area contributed by atoms with Crippen LogP contribution in [-0.4, -0.2) is 37.8 Å². The Morgan fingerprint density at radius 2 is 1.85 bits per heavy atom. The third-order valence-corrected chi connectivity index (χ3v) is 7.59. The summed E-state index contributed by atoms with van der Waals surface area (Å²) in [5, 5.41) is 13.1. The highest BCUT2D eigenvalue weighted by Gasteiger charge is 2.37.